The fourth-order valence-electron chi connectivity index (χ4n) is 2.12. The summed E-state index contributed by atoms with van der Waals surface area (Å²) in [5.74, 6) is -1.15. The van der Waals surface area contributed by atoms with Crippen LogP contribution in [0, 0.1) is 6.92 Å². The van der Waals surface area contributed by atoms with Crippen LogP contribution in [0.5, 0.6) is 0 Å². The van der Waals surface area contributed by atoms with Gasteiger partial charge in [-0.25, -0.2) is 24.5 Å². The van der Waals surface area contributed by atoms with Gasteiger partial charge >= 0.3 is 12.1 Å². The number of pyridine rings is 1. The van der Waals surface area contributed by atoms with Crippen molar-refractivity contribution in [2.24, 2.45) is 0 Å². The van der Waals surface area contributed by atoms with Crippen molar-refractivity contribution in [2.75, 3.05) is 18.4 Å². The molecule has 0 saturated heterocycles. The van der Waals surface area contributed by atoms with E-state index in [1.165, 1.54) is 6.20 Å². The molecule has 2 aromatic rings. The molecule has 0 fully saturated rings. The van der Waals surface area contributed by atoms with E-state index in [0.717, 1.165) is 11.8 Å². The SMILES string of the molecule is Cc1nc(NCCNC(=O)OC(C)(C)C)c(C(=O)O)nc1Sc1ccnc(Cl)c1Cl. The molecule has 2 rings (SSSR count). The summed E-state index contributed by atoms with van der Waals surface area (Å²) >= 11 is 13.2. The molecule has 0 radical (unpaired) electrons. The van der Waals surface area contributed by atoms with Crippen LogP contribution >= 0.6 is 35.0 Å². The number of aryl methyl sites for hydroxylation is 1. The number of rotatable bonds is 7. The van der Waals surface area contributed by atoms with Gasteiger partial charge in [-0.05, 0) is 33.8 Å². The summed E-state index contributed by atoms with van der Waals surface area (Å²) in [6, 6.07) is 1.65. The summed E-state index contributed by atoms with van der Waals surface area (Å²) in [5.41, 5.74) is -0.361. The molecule has 2 aromatic heterocycles. The number of hydrogen-bond donors (Lipinski definition) is 3. The molecule has 0 saturated carbocycles. The van der Waals surface area contributed by atoms with Gasteiger partial charge in [0.05, 0.1) is 10.7 Å². The maximum absolute atomic E-state index is 11.7. The number of aromatic nitrogens is 3. The van der Waals surface area contributed by atoms with E-state index in [2.05, 4.69) is 25.6 Å². The summed E-state index contributed by atoms with van der Waals surface area (Å²) in [6.45, 7) is 7.41. The fraction of sp³-hybridized carbons (Fsp3) is 0.389. The Balaban J connectivity index is 2.10. The highest BCUT2D eigenvalue weighted by Gasteiger charge is 2.19. The van der Waals surface area contributed by atoms with Gasteiger partial charge in [-0.1, -0.05) is 35.0 Å². The molecule has 9 nitrogen and oxygen atoms in total. The first kappa shape index (κ1) is 24.0. The Labute approximate surface area is 187 Å². The first-order valence-corrected chi connectivity index (χ1v) is 10.4. The molecule has 0 aliphatic rings. The van der Waals surface area contributed by atoms with Crippen LogP contribution in [-0.2, 0) is 4.74 Å². The third-order valence-corrected chi connectivity index (χ3v) is 5.35. The van der Waals surface area contributed by atoms with Crippen LogP contribution in [-0.4, -0.2) is 50.8 Å². The van der Waals surface area contributed by atoms with Gasteiger partial charge in [0.15, 0.2) is 11.5 Å². The van der Waals surface area contributed by atoms with Crippen molar-refractivity contribution in [2.45, 2.75) is 43.2 Å². The molecule has 0 atom stereocenters. The molecule has 0 aliphatic heterocycles. The number of halogens is 2. The Kier molecular flexibility index (Phi) is 8.10. The lowest BCUT2D eigenvalue weighted by Crippen LogP contribution is -2.35. The number of carbonyl (C=O) groups excluding carboxylic acids is 1. The van der Waals surface area contributed by atoms with Crippen molar-refractivity contribution in [1.82, 2.24) is 20.3 Å². The van der Waals surface area contributed by atoms with Gasteiger partial charge in [0, 0.05) is 24.2 Å². The quantitative estimate of drug-likeness (QED) is 0.398. The third-order valence-electron chi connectivity index (χ3n) is 3.33. The number of alkyl carbamates (subject to hydrolysis) is 1. The Morgan fingerprint density at radius 1 is 1.23 bits per heavy atom. The second-order valence-electron chi connectivity index (χ2n) is 6.99. The molecule has 1 amide bonds. The lowest BCUT2D eigenvalue weighted by atomic mass is 10.2. The van der Waals surface area contributed by atoms with Crippen molar-refractivity contribution >= 4 is 52.8 Å². The van der Waals surface area contributed by atoms with E-state index in [0.29, 0.717) is 15.6 Å². The van der Waals surface area contributed by atoms with Gasteiger partial charge in [-0.15, -0.1) is 0 Å². The predicted octanol–water partition coefficient (Wildman–Crippen LogP) is 4.27. The first-order valence-electron chi connectivity index (χ1n) is 8.78. The third kappa shape index (κ3) is 6.89. The average molecular weight is 474 g/mol. The van der Waals surface area contributed by atoms with Crippen LogP contribution in [0.1, 0.15) is 37.0 Å². The van der Waals surface area contributed by atoms with Crippen molar-refractivity contribution < 1.29 is 19.4 Å². The maximum Gasteiger partial charge on any atom is 0.407 e. The van der Waals surface area contributed by atoms with Crippen LogP contribution in [0.25, 0.3) is 0 Å². The van der Waals surface area contributed by atoms with Crippen molar-refractivity contribution in [3.05, 3.63) is 33.8 Å². The number of carboxylic acids is 1. The van der Waals surface area contributed by atoms with E-state index in [1.807, 2.05) is 0 Å². The fourth-order valence-corrected chi connectivity index (χ4v) is 3.41. The van der Waals surface area contributed by atoms with E-state index in [9.17, 15) is 14.7 Å². The molecule has 162 valence electrons. The highest BCUT2D eigenvalue weighted by atomic mass is 35.5. The molecule has 0 aliphatic carbocycles. The molecule has 0 bridgehead atoms. The predicted molar refractivity (Wildman–Crippen MR) is 115 cm³/mol. The molecule has 0 aromatic carbocycles. The number of ether oxygens (including phenoxy) is 1. The summed E-state index contributed by atoms with van der Waals surface area (Å²) < 4.78 is 5.13. The number of aromatic carboxylic acids is 1. The standard InChI is InChI=1S/C18H21Cl2N5O4S/c1-9-15(30-10-5-6-21-13(20)11(10)19)25-12(16(26)27)14(24-9)22-7-8-23-17(28)29-18(2,3)4/h5-6H,7-8H2,1-4H3,(H,22,24)(H,23,28)(H,26,27). The minimum atomic E-state index is -1.24. The van der Waals surface area contributed by atoms with Crippen LogP contribution in [0.2, 0.25) is 10.2 Å². The highest BCUT2D eigenvalue weighted by Crippen LogP contribution is 2.36. The smallest absolute Gasteiger partial charge is 0.407 e. The van der Waals surface area contributed by atoms with E-state index >= 15 is 0 Å². The number of nitrogens with one attached hydrogen (secondary N) is 2. The normalized spacial score (nSPS) is 11.1. The summed E-state index contributed by atoms with van der Waals surface area (Å²) in [5, 5.41) is 15.7. The monoisotopic (exact) mass is 473 g/mol. The van der Waals surface area contributed by atoms with Gasteiger partial charge < -0.3 is 20.5 Å². The highest BCUT2D eigenvalue weighted by molar-refractivity contribution is 7.99. The Hall–Kier alpha value is -2.30. The zero-order valence-electron chi connectivity index (χ0n) is 16.7. The minimum absolute atomic E-state index is 0.0918. The molecule has 2 heterocycles. The van der Waals surface area contributed by atoms with E-state index < -0.39 is 17.7 Å². The molecule has 0 unspecified atom stereocenters. The Morgan fingerprint density at radius 3 is 2.57 bits per heavy atom. The second kappa shape index (κ2) is 10.1. The number of carbonyl (C=O) groups is 2. The van der Waals surface area contributed by atoms with Crippen molar-refractivity contribution in [3.63, 3.8) is 0 Å². The van der Waals surface area contributed by atoms with Crippen LogP contribution in [0.3, 0.4) is 0 Å². The number of carboxylic acid groups (broad SMARTS) is 1. The summed E-state index contributed by atoms with van der Waals surface area (Å²) in [4.78, 5) is 36.3. The number of amides is 1. The number of anilines is 1. The summed E-state index contributed by atoms with van der Waals surface area (Å²) in [7, 11) is 0. The Morgan fingerprint density at radius 2 is 1.93 bits per heavy atom. The van der Waals surface area contributed by atoms with Gasteiger partial charge in [0.1, 0.15) is 15.8 Å². The van der Waals surface area contributed by atoms with Crippen molar-refractivity contribution in [1.29, 1.82) is 0 Å². The van der Waals surface area contributed by atoms with E-state index in [4.69, 9.17) is 27.9 Å². The van der Waals surface area contributed by atoms with E-state index in [-0.39, 0.29) is 34.8 Å². The van der Waals surface area contributed by atoms with E-state index in [1.54, 1.807) is 33.8 Å². The molecular formula is C18H21Cl2N5O4S. The van der Waals surface area contributed by atoms with Crippen molar-refractivity contribution in [3.8, 4) is 0 Å². The lowest BCUT2D eigenvalue weighted by molar-refractivity contribution is 0.0529. The molecule has 30 heavy (non-hydrogen) atoms. The lowest BCUT2D eigenvalue weighted by Gasteiger charge is -2.19. The van der Waals surface area contributed by atoms with Crippen LogP contribution in [0.15, 0.2) is 22.2 Å². The zero-order chi connectivity index (χ0) is 22.5. The topological polar surface area (TPSA) is 126 Å². The maximum atomic E-state index is 11.7. The minimum Gasteiger partial charge on any atom is -0.476 e. The molecular weight excluding hydrogens is 453 g/mol. The van der Waals surface area contributed by atoms with Crippen LogP contribution in [0.4, 0.5) is 10.6 Å². The largest absolute Gasteiger partial charge is 0.476 e. The number of nitrogens with zero attached hydrogens (tertiary/aromatic N) is 3. The van der Waals surface area contributed by atoms with Gasteiger partial charge in [0.25, 0.3) is 0 Å². The van der Waals surface area contributed by atoms with Gasteiger partial charge in [-0.3, -0.25) is 0 Å². The molecule has 12 heteroatoms. The van der Waals surface area contributed by atoms with Gasteiger partial charge in [0.2, 0.25) is 0 Å². The molecule has 3 N–H and O–H groups in total. The number of hydrogen-bond acceptors (Lipinski definition) is 8. The average Bonchev–Trinajstić information content (AvgIpc) is 2.62. The molecule has 0 spiro atoms. The zero-order valence-corrected chi connectivity index (χ0v) is 19.1. The van der Waals surface area contributed by atoms with Gasteiger partial charge in [-0.2, -0.15) is 0 Å². The van der Waals surface area contributed by atoms with Crippen LogP contribution < -0.4 is 10.6 Å². The Bertz CT molecular complexity index is 953. The second-order valence-corrected chi connectivity index (χ2v) is 8.75. The first-order chi connectivity index (χ1) is 14.0. The summed E-state index contributed by atoms with van der Waals surface area (Å²) in [6.07, 6.45) is 0.926.